The number of para-hydroxylation sites is 1. The smallest absolute Gasteiger partial charge is 0.247 e. The molecule has 0 saturated carbocycles. The van der Waals surface area contributed by atoms with Crippen LogP contribution in [0.25, 0.3) is 0 Å². The number of aliphatic hydroxyl groups is 1. The normalized spacial score (nSPS) is 21.7. The van der Waals surface area contributed by atoms with Gasteiger partial charge in [0.05, 0.1) is 25.5 Å². The molecule has 12 nitrogen and oxygen atoms in total. The number of rotatable bonds is 14. The van der Waals surface area contributed by atoms with Crippen LogP contribution in [0.3, 0.4) is 0 Å². The molecular weight excluding hydrogens is 650 g/mol. The van der Waals surface area contributed by atoms with Crippen LogP contribution in [0.5, 0.6) is 0 Å². The summed E-state index contributed by atoms with van der Waals surface area (Å²) in [5, 5.41) is 24.2. The number of benzene rings is 3. The Hall–Kier alpha value is -4.33. The minimum atomic E-state index is -0.590. The summed E-state index contributed by atoms with van der Waals surface area (Å²) in [6.45, 7) is 3.17. The summed E-state index contributed by atoms with van der Waals surface area (Å²) in [5.41, 5.74) is 5.84. The van der Waals surface area contributed by atoms with Crippen molar-refractivity contribution in [3.05, 3.63) is 101 Å². The van der Waals surface area contributed by atoms with Gasteiger partial charge in [0.15, 0.2) is 6.29 Å². The fourth-order valence-electron chi connectivity index (χ4n) is 7.34. The maximum atomic E-state index is 13.2. The average molecular weight is 700 g/mol. The Morgan fingerprint density at radius 2 is 1.51 bits per heavy atom. The Labute approximate surface area is 299 Å². The number of aliphatic hydroxyl groups excluding tert-OH is 1. The van der Waals surface area contributed by atoms with Crippen LogP contribution >= 0.6 is 0 Å². The fraction of sp³-hybridized carbons (Fsp3) is 0.462. The summed E-state index contributed by atoms with van der Waals surface area (Å²) in [4.78, 5) is 41.3. The van der Waals surface area contributed by atoms with Crippen molar-refractivity contribution >= 4 is 23.4 Å². The minimum absolute atomic E-state index is 0.0192. The first-order valence-electron chi connectivity index (χ1n) is 18.0. The van der Waals surface area contributed by atoms with Gasteiger partial charge in [-0.05, 0) is 54.5 Å². The second-order valence-electron chi connectivity index (χ2n) is 13.7. The molecule has 272 valence electrons. The Bertz CT molecular complexity index is 1600. The molecule has 3 aromatic rings. The zero-order valence-electron chi connectivity index (χ0n) is 29.0. The van der Waals surface area contributed by atoms with Crippen molar-refractivity contribution in [2.45, 2.75) is 88.6 Å². The number of nitrogens with zero attached hydrogens (tertiary/aromatic N) is 2. The summed E-state index contributed by atoms with van der Waals surface area (Å²) in [6.07, 6.45) is 3.86. The number of likely N-dealkylation sites (tertiary alicyclic amines) is 1. The lowest BCUT2D eigenvalue weighted by Gasteiger charge is -2.45. The van der Waals surface area contributed by atoms with Gasteiger partial charge in [-0.3, -0.25) is 19.6 Å². The number of carbonyl (C=O) groups is 3. The van der Waals surface area contributed by atoms with E-state index in [1.165, 1.54) is 0 Å². The van der Waals surface area contributed by atoms with E-state index in [0.717, 1.165) is 60.3 Å². The highest BCUT2D eigenvalue weighted by atomic mass is 16.7. The summed E-state index contributed by atoms with van der Waals surface area (Å²) in [7, 11) is 0. The third-order valence-electron chi connectivity index (χ3n) is 10.3. The molecule has 3 aliphatic rings. The predicted octanol–water partition coefficient (Wildman–Crippen LogP) is 4.22. The van der Waals surface area contributed by atoms with Gasteiger partial charge in [-0.2, -0.15) is 0 Å². The van der Waals surface area contributed by atoms with Gasteiger partial charge < -0.3 is 35.0 Å². The molecule has 6 rings (SSSR count). The van der Waals surface area contributed by atoms with Crippen LogP contribution in [0, 0.1) is 0 Å². The molecule has 3 fully saturated rings. The highest BCUT2D eigenvalue weighted by Gasteiger charge is 2.50. The van der Waals surface area contributed by atoms with E-state index in [0.29, 0.717) is 45.4 Å². The van der Waals surface area contributed by atoms with Gasteiger partial charge in [0.25, 0.3) is 0 Å². The molecule has 3 amide bonds. The van der Waals surface area contributed by atoms with Crippen LogP contribution < -0.4 is 21.0 Å². The van der Waals surface area contributed by atoms with Crippen LogP contribution in [0.4, 0.5) is 5.69 Å². The summed E-state index contributed by atoms with van der Waals surface area (Å²) in [5.74, 6) is -0.362. The lowest BCUT2D eigenvalue weighted by molar-refractivity contribution is -0.253. The molecule has 5 N–H and O–H groups in total. The van der Waals surface area contributed by atoms with Crippen molar-refractivity contribution < 1.29 is 34.2 Å². The van der Waals surface area contributed by atoms with Crippen LogP contribution in [-0.2, 0) is 37.0 Å². The molecule has 12 heteroatoms. The first-order chi connectivity index (χ1) is 24.9. The number of hydrogen-bond acceptors (Lipinski definition) is 9. The van der Waals surface area contributed by atoms with Gasteiger partial charge >= 0.3 is 0 Å². The van der Waals surface area contributed by atoms with Gasteiger partial charge in [0, 0.05) is 56.7 Å². The molecule has 0 radical (unpaired) electrons. The summed E-state index contributed by atoms with van der Waals surface area (Å²) < 4.78 is 13.2. The Balaban J connectivity index is 1.06. The van der Waals surface area contributed by atoms with Crippen LogP contribution in [0.1, 0.15) is 86.0 Å². The topological polar surface area (TPSA) is 153 Å². The Morgan fingerprint density at radius 1 is 0.843 bits per heavy atom. The lowest BCUT2D eigenvalue weighted by Crippen LogP contribution is -2.57. The molecule has 51 heavy (non-hydrogen) atoms. The molecule has 3 heterocycles. The molecule has 3 unspecified atom stereocenters. The van der Waals surface area contributed by atoms with Gasteiger partial charge in [-0.15, -0.1) is 0 Å². The highest BCUT2D eigenvalue weighted by Crippen LogP contribution is 2.40. The van der Waals surface area contributed by atoms with Crippen LogP contribution in [-0.4, -0.2) is 70.9 Å². The van der Waals surface area contributed by atoms with E-state index in [9.17, 15) is 19.5 Å². The Kier molecular flexibility index (Phi) is 12.3. The van der Waals surface area contributed by atoms with Gasteiger partial charge in [0.2, 0.25) is 17.7 Å². The van der Waals surface area contributed by atoms with E-state index >= 15 is 0 Å². The number of amides is 3. The zero-order chi connectivity index (χ0) is 35.6. The van der Waals surface area contributed by atoms with Crippen molar-refractivity contribution in [1.29, 1.82) is 0 Å². The molecule has 0 aliphatic carbocycles. The highest BCUT2D eigenvalue weighted by molar-refractivity contribution is 5.93. The number of nitrogens with one attached hydrogen (secondary N) is 3. The first kappa shape index (κ1) is 36.5. The maximum absolute atomic E-state index is 13.2. The second-order valence-corrected chi connectivity index (χ2v) is 13.7. The van der Waals surface area contributed by atoms with Crippen molar-refractivity contribution in [2.24, 2.45) is 0 Å². The lowest BCUT2D eigenvalue weighted by atomic mass is 9.85. The Morgan fingerprint density at radius 3 is 2.20 bits per heavy atom. The van der Waals surface area contributed by atoms with E-state index in [1.54, 1.807) is 5.48 Å². The SMILES string of the molecule is O=C(CCCCCC(=O)NCc1ccc(C2OC(CN3CCC4(CC3)C(=O)NCN4c3ccccc3)CC(c3ccc(CO)cc3)O2)cc1)NO. The fourth-order valence-corrected chi connectivity index (χ4v) is 7.34. The first-order valence-corrected chi connectivity index (χ1v) is 18.0. The molecule has 0 aromatic heterocycles. The van der Waals surface area contributed by atoms with Crippen molar-refractivity contribution in [1.82, 2.24) is 21.0 Å². The molecule has 0 bridgehead atoms. The van der Waals surface area contributed by atoms with Gasteiger partial charge in [-0.1, -0.05) is 73.2 Å². The number of hydrogen-bond donors (Lipinski definition) is 5. The minimum Gasteiger partial charge on any atom is -0.392 e. The molecule has 3 saturated heterocycles. The number of unbranched alkanes of at least 4 members (excludes halogenated alkanes) is 2. The standard InChI is InChI=1S/C39H49N5O7/c45-26-29-13-15-30(16-14-29)34-23-33(25-43-21-19-39(20-22-43)38(48)41-27-44(39)32-7-3-1-4-8-32)50-37(51-34)31-17-11-28(12-18-31)24-40-35(46)9-5-2-6-10-36(47)42-49/h1,3-4,7-8,11-18,33-34,37,45,49H,2,5-6,9-10,19-27H2,(H,40,46)(H,41,48)(H,42,47). The zero-order valence-corrected chi connectivity index (χ0v) is 29.0. The van der Waals surface area contributed by atoms with E-state index in [2.05, 4.69) is 32.6 Å². The summed E-state index contributed by atoms with van der Waals surface area (Å²) >= 11 is 0. The monoisotopic (exact) mass is 699 g/mol. The number of piperidine rings is 1. The van der Waals surface area contributed by atoms with Crippen molar-refractivity contribution in [2.75, 3.05) is 31.2 Å². The van der Waals surface area contributed by atoms with E-state index in [4.69, 9.17) is 14.7 Å². The molecule has 1 spiro atoms. The largest absolute Gasteiger partial charge is 0.392 e. The van der Waals surface area contributed by atoms with Crippen molar-refractivity contribution in [3.63, 3.8) is 0 Å². The third-order valence-corrected chi connectivity index (χ3v) is 10.3. The molecule has 3 aromatic carbocycles. The second kappa shape index (κ2) is 17.3. The maximum Gasteiger partial charge on any atom is 0.247 e. The predicted molar refractivity (Wildman–Crippen MR) is 190 cm³/mol. The quantitative estimate of drug-likeness (QED) is 0.0946. The van der Waals surface area contributed by atoms with E-state index in [1.807, 2.05) is 66.7 Å². The van der Waals surface area contributed by atoms with E-state index < -0.39 is 17.7 Å². The van der Waals surface area contributed by atoms with E-state index in [-0.39, 0.29) is 37.0 Å². The number of anilines is 1. The van der Waals surface area contributed by atoms with Crippen molar-refractivity contribution in [3.8, 4) is 0 Å². The third kappa shape index (κ3) is 9.13. The molecule has 3 atom stereocenters. The molecular formula is C39H49N5O7. The number of hydroxylamine groups is 1. The molecule has 3 aliphatic heterocycles. The average Bonchev–Trinajstić information content (AvgIpc) is 3.49. The van der Waals surface area contributed by atoms with Crippen LogP contribution in [0.2, 0.25) is 0 Å². The number of carbonyl (C=O) groups excluding carboxylic acids is 3. The number of ether oxygens (including phenoxy) is 2. The van der Waals surface area contributed by atoms with Gasteiger partial charge in [0.1, 0.15) is 5.54 Å². The summed E-state index contributed by atoms with van der Waals surface area (Å²) in [6, 6.07) is 25.9. The van der Waals surface area contributed by atoms with Crippen LogP contribution in [0.15, 0.2) is 78.9 Å². The van der Waals surface area contributed by atoms with Gasteiger partial charge in [-0.25, -0.2) is 5.48 Å².